The van der Waals surface area contributed by atoms with Crippen molar-refractivity contribution in [2.24, 2.45) is 0 Å². The van der Waals surface area contributed by atoms with E-state index in [9.17, 15) is 4.79 Å². The van der Waals surface area contributed by atoms with Crippen molar-refractivity contribution in [3.8, 4) is 0 Å². The summed E-state index contributed by atoms with van der Waals surface area (Å²) >= 11 is 0. The molecule has 0 bridgehead atoms. The number of carbonyl (C=O) groups is 1. The van der Waals surface area contributed by atoms with E-state index in [2.05, 4.69) is 6.58 Å². The molecular formula is C9H16O3. The Bertz CT molecular complexity index is 163. The molecule has 0 radical (unpaired) electrons. The average Bonchev–Trinajstić information content (AvgIpc) is 2.03. The summed E-state index contributed by atoms with van der Waals surface area (Å²) in [5.41, 5.74) is 0.431. The van der Waals surface area contributed by atoms with Gasteiger partial charge in [0.15, 0.2) is 0 Å². The summed E-state index contributed by atoms with van der Waals surface area (Å²) in [5.74, 6) is -0.335. The van der Waals surface area contributed by atoms with Crippen LogP contribution in [0, 0.1) is 0 Å². The van der Waals surface area contributed by atoms with Crippen LogP contribution in [0.2, 0.25) is 0 Å². The van der Waals surface area contributed by atoms with E-state index in [1.54, 1.807) is 14.0 Å². The fourth-order valence-electron chi connectivity index (χ4n) is 0.559. The third kappa shape index (κ3) is 4.91. The number of ether oxygens (including phenoxy) is 2. The van der Waals surface area contributed by atoms with Crippen LogP contribution >= 0.6 is 0 Å². The van der Waals surface area contributed by atoms with Crippen molar-refractivity contribution >= 4 is 5.97 Å². The molecule has 0 aliphatic carbocycles. The van der Waals surface area contributed by atoms with Crippen LogP contribution < -0.4 is 0 Å². The zero-order valence-electron chi connectivity index (χ0n) is 7.92. The lowest BCUT2D eigenvalue weighted by Gasteiger charge is -2.09. The van der Waals surface area contributed by atoms with Gasteiger partial charge in [-0.05, 0) is 13.8 Å². The molecule has 0 amide bonds. The topological polar surface area (TPSA) is 35.5 Å². The van der Waals surface area contributed by atoms with E-state index in [1.165, 1.54) is 0 Å². The highest BCUT2D eigenvalue weighted by Gasteiger charge is 2.04. The molecule has 0 aromatic carbocycles. The SMILES string of the molecule is C=C(C)C(=O)OCCC(C)OC. The van der Waals surface area contributed by atoms with Gasteiger partial charge in [-0.2, -0.15) is 0 Å². The van der Waals surface area contributed by atoms with Crippen LogP contribution in [0.4, 0.5) is 0 Å². The third-order valence-electron chi connectivity index (χ3n) is 1.51. The predicted octanol–water partition coefficient (Wildman–Crippen LogP) is 1.53. The summed E-state index contributed by atoms with van der Waals surface area (Å²) in [6, 6.07) is 0. The average molecular weight is 172 g/mol. The van der Waals surface area contributed by atoms with E-state index >= 15 is 0 Å². The fourth-order valence-corrected chi connectivity index (χ4v) is 0.559. The number of carbonyl (C=O) groups excluding carboxylic acids is 1. The second kappa shape index (κ2) is 5.77. The first kappa shape index (κ1) is 11.2. The Morgan fingerprint density at radius 2 is 2.17 bits per heavy atom. The highest BCUT2D eigenvalue weighted by atomic mass is 16.5. The molecule has 1 atom stereocenters. The minimum atomic E-state index is -0.335. The van der Waals surface area contributed by atoms with Crippen LogP contribution in [0.25, 0.3) is 0 Å². The van der Waals surface area contributed by atoms with E-state index in [-0.39, 0.29) is 12.1 Å². The van der Waals surface area contributed by atoms with Crippen molar-refractivity contribution in [1.82, 2.24) is 0 Å². The maximum absolute atomic E-state index is 10.9. The largest absolute Gasteiger partial charge is 0.462 e. The first-order chi connectivity index (χ1) is 5.57. The summed E-state index contributed by atoms with van der Waals surface area (Å²) in [5, 5.41) is 0. The van der Waals surface area contributed by atoms with Gasteiger partial charge in [0.05, 0.1) is 12.7 Å². The molecule has 0 spiro atoms. The first-order valence-electron chi connectivity index (χ1n) is 3.93. The van der Waals surface area contributed by atoms with Crippen molar-refractivity contribution in [3.05, 3.63) is 12.2 Å². The summed E-state index contributed by atoms with van der Waals surface area (Å²) in [7, 11) is 1.63. The van der Waals surface area contributed by atoms with Crippen LogP contribution in [0.5, 0.6) is 0 Å². The fraction of sp³-hybridized carbons (Fsp3) is 0.667. The summed E-state index contributed by atoms with van der Waals surface area (Å²) in [6.07, 6.45) is 0.845. The molecule has 0 N–H and O–H groups in total. The molecule has 0 aliphatic heterocycles. The molecule has 0 fully saturated rings. The van der Waals surface area contributed by atoms with Crippen LogP contribution in [-0.4, -0.2) is 25.8 Å². The maximum atomic E-state index is 10.9. The second-order valence-electron chi connectivity index (χ2n) is 2.75. The maximum Gasteiger partial charge on any atom is 0.333 e. The van der Waals surface area contributed by atoms with Crippen molar-refractivity contribution < 1.29 is 14.3 Å². The minimum absolute atomic E-state index is 0.128. The summed E-state index contributed by atoms with van der Waals surface area (Å²) in [4.78, 5) is 10.9. The molecular weight excluding hydrogens is 156 g/mol. The van der Waals surface area contributed by atoms with Crippen LogP contribution in [0.3, 0.4) is 0 Å². The van der Waals surface area contributed by atoms with Crippen LogP contribution in [0.1, 0.15) is 20.3 Å². The van der Waals surface area contributed by atoms with Crippen LogP contribution in [-0.2, 0) is 14.3 Å². The highest BCUT2D eigenvalue weighted by molar-refractivity contribution is 5.86. The summed E-state index contributed by atoms with van der Waals surface area (Å²) < 4.78 is 9.84. The van der Waals surface area contributed by atoms with Gasteiger partial charge < -0.3 is 9.47 Å². The second-order valence-corrected chi connectivity index (χ2v) is 2.75. The summed E-state index contributed by atoms with van der Waals surface area (Å²) in [6.45, 7) is 7.41. The number of esters is 1. The van der Waals surface area contributed by atoms with Gasteiger partial charge in [0, 0.05) is 19.1 Å². The normalized spacial score (nSPS) is 12.2. The Morgan fingerprint density at radius 3 is 2.58 bits per heavy atom. The number of hydrogen-bond acceptors (Lipinski definition) is 3. The Balaban J connectivity index is 3.44. The van der Waals surface area contributed by atoms with Crippen molar-refractivity contribution in [2.75, 3.05) is 13.7 Å². The molecule has 0 saturated heterocycles. The Morgan fingerprint density at radius 1 is 1.58 bits per heavy atom. The molecule has 70 valence electrons. The molecule has 0 aromatic rings. The highest BCUT2D eigenvalue weighted by Crippen LogP contribution is 1.98. The number of hydrogen-bond donors (Lipinski definition) is 0. The zero-order chi connectivity index (χ0) is 9.56. The molecule has 12 heavy (non-hydrogen) atoms. The Hall–Kier alpha value is -0.830. The Labute approximate surface area is 73.4 Å². The smallest absolute Gasteiger partial charge is 0.333 e. The zero-order valence-corrected chi connectivity index (χ0v) is 7.92. The predicted molar refractivity (Wildman–Crippen MR) is 46.9 cm³/mol. The van der Waals surface area contributed by atoms with Crippen LogP contribution in [0.15, 0.2) is 12.2 Å². The van der Waals surface area contributed by atoms with Gasteiger partial charge in [-0.3, -0.25) is 0 Å². The van der Waals surface area contributed by atoms with E-state index in [0.29, 0.717) is 12.2 Å². The molecule has 0 aromatic heterocycles. The van der Waals surface area contributed by atoms with Gasteiger partial charge in [0.2, 0.25) is 0 Å². The van der Waals surface area contributed by atoms with E-state index < -0.39 is 0 Å². The van der Waals surface area contributed by atoms with Gasteiger partial charge >= 0.3 is 5.97 Å². The molecule has 1 unspecified atom stereocenters. The van der Waals surface area contributed by atoms with Gasteiger partial charge in [0.25, 0.3) is 0 Å². The van der Waals surface area contributed by atoms with Crippen molar-refractivity contribution in [3.63, 3.8) is 0 Å². The van der Waals surface area contributed by atoms with Gasteiger partial charge in [0.1, 0.15) is 0 Å². The quantitative estimate of drug-likeness (QED) is 0.466. The number of rotatable bonds is 5. The monoisotopic (exact) mass is 172 g/mol. The van der Waals surface area contributed by atoms with Crippen molar-refractivity contribution in [1.29, 1.82) is 0 Å². The molecule has 3 nitrogen and oxygen atoms in total. The first-order valence-corrected chi connectivity index (χ1v) is 3.93. The van der Waals surface area contributed by atoms with E-state index in [1.807, 2.05) is 6.92 Å². The standard InChI is InChI=1S/C9H16O3/c1-7(2)9(10)12-6-5-8(3)11-4/h8H,1,5-6H2,2-4H3. The third-order valence-corrected chi connectivity index (χ3v) is 1.51. The van der Waals surface area contributed by atoms with Gasteiger partial charge in [-0.25, -0.2) is 4.79 Å². The van der Waals surface area contributed by atoms with E-state index in [0.717, 1.165) is 6.42 Å². The molecule has 0 rings (SSSR count). The molecule has 3 heteroatoms. The Kier molecular flexibility index (Phi) is 5.37. The van der Waals surface area contributed by atoms with Gasteiger partial charge in [-0.1, -0.05) is 6.58 Å². The van der Waals surface area contributed by atoms with Crippen molar-refractivity contribution in [2.45, 2.75) is 26.4 Å². The number of methoxy groups -OCH3 is 1. The molecule has 0 aliphatic rings. The lowest BCUT2D eigenvalue weighted by molar-refractivity contribution is -0.139. The lowest BCUT2D eigenvalue weighted by Crippen LogP contribution is -2.12. The molecule has 0 heterocycles. The minimum Gasteiger partial charge on any atom is -0.462 e. The molecule has 0 saturated carbocycles. The van der Waals surface area contributed by atoms with Gasteiger partial charge in [-0.15, -0.1) is 0 Å². The van der Waals surface area contributed by atoms with E-state index in [4.69, 9.17) is 9.47 Å². The lowest BCUT2D eigenvalue weighted by atomic mass is 10.3.